The second kappa shape index (κ2) is 5.39. The number of ether oxygens (including phenoxy) is 1. The van der Waals surface area contributed by atoms with Crippen LogP contribution in [0.1, 0.15) is 25.8 Å². The van der Waals surface area contributed by atoms with Crippen LogP contribution in [0.25, 0.3) is 0 Å². The standard InChI is InChI=1S/C12H13BrN2O3/c1-7(2)10(11-14-12(16)18-15-11)17-9-5-3-8(13)4-6-9/h3-7,10H,1-2H3,(H,14,15,16). The third kappa shape index (κ3) is 3.01. The molecule has 0 saturated heterocycles. The molecular formula is C12H13BrN2O3. The minimum absolute atomic E-state index is 0.148. The maximum absolute atomic E-state index is 11.0. The Morgan fingerprint density at radius 3 is 2.50 bits per heavy atom. The highest BCUT2D eigenvalue weighted by Crippen LogP contribution is 2.26. The molecule has 0 aliphatic rings. The van der Waals surface area contributed by atoms with Crippen molar-refractivity contribution in [2.45, 2.75) is 20.0 Å². The van der Waals surface area contributed by atoms with Gasteiger partial charge < -0.3 is 4.74 Å². The van der Waals surface area contributed by atoms with Crippen molar-refractivity contribution in [3.8, 4) is 5.75 Å². The molecule has 1 heterocycles. The summed E-state index contributed by atoms with van der Waals surface area (Å²) in [5, 5.41) is 3.67. The van der Waals surface area contributed by atoms with Crippen LogP contribution in [0.15, 0.2) is 38.1 Å². The molecule has 0 amide bonds. The summed E-state index contributed by atoms with van der Waals surface area (Å²) in [6, 6.07) is 7.46. The molecule has 2 aromatic rings. The lowest BCUT2D eigenvalue weighted by atomic mass is 10.1. The van der Waals surface area contributed by atoms with E-state index in [2.05, 4.69) is 30.6 Å². The van der Waals surface area contributed by atoms with Crippen LogP contribution in [0.3, 0.4) is 0 Å². The van der Waals surface area contributed by atoms with Crippen LogP contribution in [0.2, 0.25) is 0 Å². The molecule has 0 radical (unpaired) electrons. The molecule has 18 heavy (non-hydrogen) atoms. The van der Waals surface area contributed by atoms with E-state index in [4.69, 9.17) is 4.74 Å². The van der Waals surface area contributed by atoms with E-state index in [1.54, 1.807) is 0 Å². The van der Waals surface area contributed by atoms with E-state index < -0.39 is 5.76 Å². The Hall–Kier alpha value is -1.56. The lowest BCUT2D eigenvalue weighted by Gasteiger charge is -2.19. The van der Waals surface area contributed by atoms with Crippen LogP contribution in [0, 0.1) is 5.92 Å². The van der Waals surface area contributed by atoms with Gasteiger partial charge in [0.05, 0.1) is 0 Å². The fourth-order valence-corrected chi connectivity index (χ4v) is 1.80. The van der Waals surface area contributed by atoms with Crippen LogP contribution >= 0.6 is 15.9 Å². The molecule has 6 heteroatoms. The molecule has 1 unspecified atom stereocenters. The zero-order chi connectivity index (χ0) is 13.1. The number of nitrogens with one attached hydrogen (secondary N) is 1. The molecule has 5 nitrogen and oxygen atoms in total. The van der Waals surface area contributed by atoms with Gasteiger partial charge in [0.1, 0.15) is 5.75 Å². The average molecular weight is 313 g/mol. The smallest absolute Gasteiger partial charge is 0.439 e. The fourth-order valence-electron chi connectivity index (χ4n) is 1.53. The summed E-state index contributed by atoms with van der Waals surface area (Å²) in [6.07, 6.45) is -0.349. The van der Waals surface area contributed by atoms with Gasteiger partial charge in [-0.2, -0.15) is 0 Å². The largest absolute Gasteiger partial charge is 0.482 e. The predicted octanol–water partition coefficient (Wildman–Crippen LogP) is 2.90. The molecule has 0 spiro atoms. The van der Waals surface area contributed by atoms with Crippen molar-refractivity contribution in [1.82, 2.24) is 10.1 Å². The normalized spacial score (nSPS) is 12.7. The first-order valence-electron chi connectivity index (χ1n) is 5.54. The monoisotopic (exact) mass is 312 g/mol. The summed E-state index contributed by atoms with van der Waals surface area (Å²) in [5.41, 5.74) is 0. The van der Waals surface area contributed by atoms with E-state index in [0.717, 1.165) is 4.47 Å². The summed E-state index contributed by atoms with van der Waals surface area (Å²) in [7, 11) is 0. The lowest BCUT2D eigenvalue weighted by molar-refractivity contribution is 0.141. The van der Waals surface area contributed by atoms with Gasteiger partial charge in [0.25, 0.3) is 0 Å². The van der Waals surface area contributed by atoms with E-state index >= 15 is 0 Å². The molecule has 0 fully saturated rings. The van der Waals surface area contributed by atoms with Crippen LogP contribution in [0.4, 0.5) is 0 Å². The Kier molecular flexibility index (Phi) is 3.86. The van der Waals surface area contributed by atoms with Crippen LogP contribution in [-0.2, 0) is 0 Å². The number of H-pyrrole nitrogens is 1. The highest BCUT2D eigenvalue weighted by molar-refractivity contribution is 9.10. The van der Waals surface area contributed by atoms with Crippen molar-refractivity contribution in [3.05, 3.63) is 45.1 Å². The SMILES string of the molecule is CC(C)C(Oc1ccc(Br)cc1)c1noc(=O)[nH]1. The molecule has 0 saturated carbocycles. The van der Waals surface area contributed by atoms with Gasteiger partial charge in [-0.15, -0.1) is 0 Å². The number of nitrogens with zero attached hydrogens (tertiary/aromatic N) is 1. The van der Waals surface area contributed by atoms with Crippen molar-refractivity contribution in [2.24, 2.45) is 5.92 Å². The molecule has 0 aliphatic carbocycles. The first-order chi connectivity index (χ1) is 8.56. The molecule has 2 rings (SSSR count). The van der Waals surface area contributed by atoms with Crippen molar-refractivity contribution < 1.29 is 9.26 Å². The molecule has 1 N–H and O–H groups in total. The maximum Gasteiger partial charge on any atom is 0.439 e. The second-order valence-corrected chi connectivity index (χ2v) is 5.13. The van der Waals surface area contributed by atoms with Crippen molar-refractivity contribution in [3.63, 3.8) is 0 Å². The average Bonchev–Trinajstić information content (AvgIpc) is 2.74. The third-order valence-electron chi connectivity index (χ3n) is 2.41. The maximum atomic E-state index is 11.0. The summed E-state index contributed by atoms with van der Waals surface area (Å²) in [4.78, 5) is 13.5. The zero-order valence-electron chi connectivity index (χ0n) is 10.0. The van der Waals surface area contributed by atoms with Gasteiger partial charge in [0, 0.05) is 4.47 Å². The Morgan fingerprint density at radius 1 is 1.33 bits per heavy atom. The van der Waals surface area contributed by atoms with Gasteiger partial charge in [-0.1, -0.05) is 34.9 Å². The van der Waals surface area contributed by atoms with Crippen molar-refractivity contribution in [2.75, 3.05) is 0 Å². The molecule has 0 bridgehead atoms. The Bertz CT molecular complexity index is 559. The quantitative estimate of drug-likeness (QED) is 0.942. The molecule has 1 aromatic heterocycles. The van der Waals surface area contributed by atoms with E-state index in [-0.39, 0.29) is 12.0 Å². The number of hydrogen-bond acceptors (Lipinski definition) is 4. The van der Waals surface area contributed by atoms with Gasteiger partial charge >= 0.3 is 5.76 Å². The fraction of sp³-hybridized carbons (Fsp3) is 0.333. The molecule has 96 valence electrons. The second-order valence-electron chi connectivity index (χ2n) is 4.22. The summed E-state index contributed by atoms with van der Waals surface area (Å²) in [6.45, 7) is 3.97. The topological polar surface area (TPSA) is 68.1 Å². The van der Waals surface area contributed by atoms with E-state index in [9.17, 15) is 4.79 Å². The highest BCUT2D eigenvalue weighted by atomic mass is 79.9. The zero-order valence-corrected chi connectivity index (χ0v) is 11.6. The summed E-state index contributed by atoms with van der Waals surface area (Å²) < 4.78 is 11.3. The summed E-state index contributed by atoms with van der Waals surface area (Å²) in [5.74, 6) is 0.683. The van der Waals surface area contributed by atoms with Gasteiger partial charge in [-0.05, 0) is 30.2 Å². The predicted molar refractivity (Wildman–Crippen MR) is 69.5 cm³/mol. The van der Waals surface area contributed by atoms with Crippen LogP contribution in [-0.4, -0.2) is 10.1 Å². The molecule has 0 aliphatic heterocycles. The third-order valence-corrected chi connectivity index (χ3v) is 2.94. The molecule has 1 aromatic carbocycles. The van der Waals surface area contributed by atoms with E-state index in [1.165, 1.54) is 0 Å². The van der Waals surface area contributed by atoms with Gasteiger partial charge in [-0.3, -0.25) is 9.51 Å². The first-order valence-corrected chi connectivity index (χ1v) is 6.33. The van der Waals surface area contributed by atoms with Gasteiger partial charge in [0.15, 0.2) is 11.9 Å². The minimum atomic E-state index is -0.574. The number of aromatic nitrogens is 2. The Morgan fingerprint density at radius 2 is 2.00 bits per heavy atom. The minimum Gasteiger partial charge on any atom is -0.482 e. The number of aromatic amines is 1. The number of hydrogen-bond donors (Lipinski definition) is 1. The van der Waals surface area contributed by atoms with E-state index in [1.807, 2.05) is 38.1 Å². The highest BCUT2D eigenvalue weighted by Gasteiger charge is 2.22. The lowest BCUT2D eigenvalue weighted by Crippen LogP contribution is -2.16. The van der Waals surface area contributed by atoms with Crippen LogP contribution < -0.4 is 10.5 Å². The van der Waals surface area contributed by atoms with Crippen LogP contribution in [0.5, 0.6) is 5.75 Å². The van der Waals surface area contributed by atoms with E-state index in [0.29, 0.717) is 11.6 Å². The van der Waals surface area contributed by atoms with Gasteiger partial charge in [-0.25, -0.2) is 4.79 Å². The van der Waals surface area contributed by atoms with Gasteiger partial charge in [0.2, 0.25) is 0 Å². The molecule has 1 atom stereocenters. The Labute approximate surface area is 112 Å². The number of rotatable bonds is 4. The molecular weight excluding hydrogens is 300 g/mol. The van der Waals surface area contributed by atoms with Crippen molar-refractivity contribution >= 4 is 15.9 Å². The van der Waals surface area contributed by atoms with Crippen molar-refractivity contribution in [1.29, 1.82) is 0 Å². The Balaban J connectivity index is 2.21. The summed E-state index contributed by atoms with van der Waals surface area (Å²) >= 11 is 3.36. The first kappa shape index (κ1) is 12.9. The number of benzene rings is 1. The number of halogens is 1.